The molecule has 0 unspecified atom stereocenters. The molecule has 1 aromatic heterocycles. The van der Waals surface area contributed by atoms with Crippen molar-refractivity contribution in [2.45, 2.75) is 25.3 Å². The maximum atomic E-state index is 13.6. The normalized spacial score (nSPS) is 15.7. The van der Waals surface area contributed by atoms with Crippen LogP contribution in [0.15, 0.2) is 18.2 Å². The number of aromatic nitrogens is 1. The number of carbonyl (C=O) groups is 2. The lowest BCUT2D eigenvalue weighted by atomic mass is 10.1. The predicted octanol–water partition coefficient (Wildman–Crippen LogP) is 1.83. The highest BCUT2D eigenvalue weighted by atomic mass is 19.1. The molecule has 0 bridgehead atoms. The SMILES string of the molecule is NC(=O)[C@H](CC1CC1)NC(=O)c1cc2cc(F)cc(F)c2[nH]1. The zero-order valence-electron chi connectivity index (χ0n) is 11.7. The van der Waals surface area contributed by atoms with Gasteiger partial charge in [-0.25, -0.2) is 8.78 Å². The second-order valence-electron chi connectivity index (χ2n) is 5.64. The van der Waals surface area contributed by atoms with Crippen molar-refractivity contribution in [3.05, 3.63) is 35.5 Å². The van der Waals surface area contributed by atoms with Crippen molar-refractivity contribution in [2.24, 2.45) is 11.7 Å². The Morgan fingerprint density at radius 3 is 2.68 bits per heavy atom. The third-order valence-corrected chi connectivity index (χ3v) is 3.80. The molecule has 4 N–H and O–H groups in total. The van der Waals surface area contributed by atoms with Crippen molar-refractivity contribution in [1.82, 2.24) is 10.3 Å². The predicted molar refractivity (Wildman–Crippen MR) is 76.0 cm³/mol. The number of fused-ring (bicyclic) bond motifs is 1. The van der Waals surface area contributed by atoms with Crippen LogP contribution >= 0.6 is 0 Å². The van der Waals surface area contributed by atoms with Gasteiger partial charge in [0.05, 0.1) is 5.52 Å². The quantitative estimate of drug-likeness (QED) is 0.787. The third-order valence-electron chi connectivity index (χ3n) is 3.80. The van der Waals surface area contributed by atoms with E-state index in [2.05, 4.69) is 10.3 Å². The fourth-order valence-corrected chi connectivity index (χ4v) is 2.46. The third kappa shape index (κ3) is 2.93. The lowest BCUT2D eigenvalue weighted by molar-refractivity contribution is -0.120. The number of H-pyrrole nitrogens is 1. The molecule has 1 atom stereocenters. The zero-order chi connectivity index (χ0) is 15.9. The van der Waals surface area contributed by atoms with Gasteiger partial charge in [0.15, 0.2) is 0 Å². The Morgan fingerprint density at radius 1 is 1.32 bits per heavy atom. The second-order valence-corrected chi connectivity index (χ2v) is 5.64. The van der Waals surface area contributed by atoms with Gasteiger partial charge in [-0.3, -0.25) is 9.59 Å². The van der Waals surface area contributed by atoms with Gasteiger partial charge in [-0.05, 0) is 24.5 Å². The van der Waals surface area contributed by atoms with E-state index >= 15 is 0 Å². The number of hydrogen-bond donors (Lipinski definition) is 3. The summed E-state index contributed by atoms with van der Waals surface area (Å²) in [5, 5.41) is 2.79. The van der Waals surface area contributed by atoms with Gasteiger partial charge in [-0.1, -0.05) is 12.8 Å². The number of halogens is 2. The summed E-state index contributed by atoms with van der Waals surface area (Å²) in [7, 11) is 0. The fourth-order valence-electron chi connectivity index (χ4n) is 2.46. The van der Waals surface area contributed by atoms with Crippen LogP contribution in [0.1, 0.15) is 29.8 Å². The first-order valence-corrected chi connectivity index (χ1v) is 7.02. The Hall–Kier alpha value is -2.44. The van der Waals surface area contributed by atoms with Crippen molar-refractivity contribution in [2.75, 3.05) is 0 Å². The summed E-state index contributed by atoms with van der Waals surface area (Å²) in [5.41, 5.74) is 5.39. The smallest absolute Gasteiger partial charge is 0.268 e. The molecule has 0 aliphatic heterocycles. The van der Waals surface area contributed by atoms with Gasteiger partial charge in [0.1, 0.15) is 23.4 Å². The number of nitrogens with one attached hydrogen (secondary N) is 2. The van der Waals surface area contributed by atoms with E-state index in [-0.39, 0.29) is 16.6 Å². The van der Waals surface area contributed by atoms with E-state index in [1.165, 1.54) is 6.07 Å². The van der Waals surface area contributed by atoms with Gasteiger partial charge < -0.3 is 16.0 Å². The standard InChI is InChI=1S/C15H15F2N3O2/c16-9-4-8-5-12(19-13(8)10(17)6-9)15(22)20-11(14(18)21)3-7-1-2-7/h4-7,11,19H,1-3H2,(H2,18,21)(H,20,22)/t11-/m0/s1. The minimum atomic E-state index is -0.779. The van der Waals surface area contributed by atoms with E-state index in [1.54, 1.807) is 0 Å². The van der Waals surface area contributed by atoms with Crippen LogP contribution in [0.4, 0.5) is 8.78 Å². The number of hydrogen-bond acceptors (Lipinski definition) is 2. The molecule has 1 aliphatic rings. The molecule has 1 fully saturated rings. The van der Waals surface area contributed by atoms with Gasteiger partial charge in [-0.15, -0.1) is 0 Å². The van der Waals surface area contributed by atoms with E-state index in [0.29, 0.717) is 12.3 Å². The van der Waals surface area contributed by atoms with Crippen LogP contribution in [0.3, 0.4) is 0 Å². The summed E-state index contributed by atoms with van der Waals surface area (Å²) < 4.78 is 26.8. The second kappa shape index (κ2) is 5.40. The average Bonchev–Trinajstić information content (AvgIpc) is 3.14. The van der Waals surface area contributed by atoms with E-state index in [1.807, 2.05) is 0 Å². The number of primary amides is 1. The van der Waals surface area contributed by atoms with Crippen molar-refractivity contribution in [1.29, 1.82) is 0 Å². The van der Waals surface area contributed by atoms with Crippen LogP contribution in [0.25, 0.3) is 10.9 Å². The maximum absolute atomic E-state index is 13.6. The van der Waals surface area contributed by atoms with E-state index in [4.69, 9.17) is 5.73 Å². The minimum Gasteiger partial charge on any atom is -0.368 e. The van der Waals surface area contributed by atoms with Crippen molar-refractivity contribution in [3.63, 3.8) is 0 Å². The van der Waals surface area contributed by atoms with Gasteiger partial charge in [0.2, 0.25) is 5.91 Å². The molecule has 3 rings (SSSR count). The lowest BCUT2D eigenvalue weighted by Gasteiger charge is -2.14. The summed E-state index contributed by atoms with van der Waals surface area (Å²) in [6.07, 6.45) is 2.55. The number of benzene rings is 1. The zero-order valence-corrected chi connectivity index (χ0v) is 11.7. The van der Waals surface area contributed by atoms with Gasteiger partial charge in [-0.2, -0.15) is 0 Å². The number of aromatic amines is 1. The Balaban J connectivity index is 1.81. The Bertz CT molecular complexity index is 753. The highest BCUT2D eigenvalue weighted by Crippen LogP contribution is 2.33. The number of carbonyl (C=O) groups excluding carboxylic acids is 2. The van der Waals surface area contributed by atoms with E-state index in [9.17, 15) is 18.4 Å². The Morgan fingerprint density at radius 2 is 2.05 bits per heavy atom. The maximum Gasteiger partial charge on any atom is 0.268 e. The molecule has 1 aliphatic carbocycles. The molecule has 116 valence electrons. The van der Waals surface area contributed by atoms with Gasteiger partial charge >= 0.3 is 0 Å². The first-order chi connectivity index (χ1) is 10.4. The summed E-state index contributed by atoms with van der Waals surface area (Å²) in [6.45, 7) is 0. The summed E-state index contributed by atoms with van der Waals surface area (Å²) in [6, 6.07) is 2.45. The van der Waals surface area contributed by atoms with Crippen LogP contribution in [0.2, 0.25) is 0 Å². The average molecular weight is 307 g/mol. The van der Waals surface area contributed by atoms with Crippen LogP contribution < -0.4 is 11.1 Å². The van der Waals surface area contributed by atoms with Crippen LogP contribution in [0, 0.1) is 17.6 Å². The van der Waals surface area contributed by atoms with Crippen molar-refractivity contribution >= 4 is 22.7 Å². The van der Waals surface area contributed by atoms with Crippen molar-refractivity contribution < 1.29 is 18.4 Å². The molecule has 2 amide bonds. The van der Waals surface area contributed by atoms with Crippen LogP contribution in [-0.4, -0.2) is 22.8 Å². The molecule has 22 heavy (non-hydrogen) atoms. The molecular formula is C15H15F2N3O2. The molecule has 1 saturated carbocycles. The lowest BCUT2D eigenvalue weighted by Crippen LogP contribution is -2.44. The monoisotopic (exact) mass is 307 g/mol. The number of rotatable bonds is 5. The number of nitrogens with two attached hydrogens (primary N) is 1. The largest absolute Gasteiger partial charge is 0.368 e. The highest BCUT2D eigenvalue weighted by Gasteiger charge is 2.29. The molecule has 1 aromatic carbocycles. The molecule has 1 heterocycles. The first-order valence-electron chi connectivity index (χ1n) is 7.02. The first kappa shape index (κ1) is 14.5. The Labute approximate surface area is 124 Å². The van der Waals surface area contributed by atoms with Gasteiger partial charge in [0, 0.05) is 11.5 Å². The van der Waals surface area contributed by atoms with E-state index in [0.717, 1.165) is 25.0 Å². The van der Waals surface area contributed by atoms with Crippen LogP contribution in [0.5, 0.6) is 0 Å². The minimum absolute atomic E-state index is 0.0457. The summed E-state index contributed by atoms with van der Waals surface area (Å²) in [4.78, 5) is 26.1. The Kier molecular flexibility index (Phi) is 3.56. The van der Waals surface area contributed by atoms with Crippen LogP contribution in [-0.2, 0) is 4.79 Å². The fraction of sp³-hybridized carbons (Fsp3) is 0.333. The molecule has 0 saturated heterocycles. The summed E-state index contributed by atoms with van der Waals surface area (Å²) >= 11 is 0. The van der Waals surface area contributed by atoms with Gasteiger partial charge in [0.25, 0.3) is 5.91 Å². The molecule has 0 spiro atoms. The van der Waals surface area contributed by atoms with E-state index < -0.39 is 29.5 Å². The summed E-state index contributed by atoms with van der Waals surface area (Å²) in [5.74, 6) is -2.26. The van der Waals surface area contributed by atoms with Crippen molar-refractivity contribution in [3.8, 4) is 0 Å². The number of amides is 2. The highest BCUT2D eigenvalue weighted by molar-refractivity contribution is 6.00. The molecule has 5 nitrogen and oxygen atoms in total. The molecule has 0 radical (unpaired) electrons. The molecular weight excluding hydrogens is 292 g/mol. The molecule has 2 aromatic rings. The topological polar surface area (TPSA) is 88.0 Å². The molecule has 7 heteroatoms.